The molecule has 2 aromatic rings. The van der Waals surface area contributed by atoms with E-state index in [1.54, 1.807) is 0 Å². The van der Waals surface area contributed by atoms with Gasteiger partial charge in [0.15, 0.2) is 17.3 Å². The summed E-state index contributed by atoms with van der Waals surface area (Å²) in [5.41, 5.74) is 8.08. The minimum absolute atomic E-state index is 0.272. The summed E-state index contributed by atoms with van der Waals surface area (Å²) in [5, 5.41) is 3.97. The molecule has 0 saturated heterocycles. The van der Waals surface area contributed by atoms with Crippen LogP contribution < -0.4 is 15.2 Å². The Morgan fingerprint density at radius 2 is 1.88 bits per heavy atom. The monoisotopic (exact) mass is 332 g/mol. The van der Waals surface area contributed by atoms with Crippen LogP contribution in [0, 0.1) is 0 Å². The van der Waals surface area contributed by atoms with Gasteiger partial charge in [0.05, 0.1) is 26.3 Å². The molecular weight excluding hydrogens is 308 g/mol. The zero-order chi connectivity index (χ0) is 16.9. The summed E-state index contributed by atoms with van der Waals surface area (Å²) in [7, 11) is 0. The molecule has 24 heavy (non-hydrogen) atoms. The minimum atomic E-state index is 0.272. The number of aromatic nitrogens is 2. The fourth-order valence-electron chi connectivity index (χ4n) is 2.93. The van der Waals surface area contributed by atoms with Gasteiger partial charge in [-0.1, -0.05) is 5.16 Å². The van der Waals surface area contributed by atoms with Gasteiger partial charge in [-0.05, 0) is 43.5 Å². The first kappa shape index (κ1) is 16.7. The molecule has 130 valence electrons. The molecule has 7 nitrogen and oxygen atoms in total. The number of hydrogen-bond acceptors (Lipinski definition) is 7. The minimum Gasteiger partial charge on any atom is -0.490 e. The van der Waals surface area contributed by atoms with Gasteiger partial charge in [0, 0.05) is 13.1 Å². The third-order valence-corrected chi connectivity index (χ3v) is 4.01. The maximum Gasteiger partial charge on any atom is 0.240 e. The van der Waals surface area contributed by atoms with Crippen molar-refractivity contribution < 1.29 is 14.0 Å². The van der Waals surface area contributed by atoms with E-state index in [1.807, 2.05) is 13.8 Å². The highest BCUT2D eigenvalue weighted by atomic mass is 16.5. The largest absolute Gasteiger partial charge is 0.490 e. The summed E-state index contributed by atoms with van der Waals surface area (Å²) in [5.74, 6) is 2.79. The second kappa shape index (κ2) is 7.63. The Morgan fingerprint density at radius 3 is 2.50 bits per heavy atom. The number of rotatable bonds is 7. The molecule has 2 N–H and O–H groups in total. The molecule has 0 unspecified atom stereocenters. The number of benzene rings is 1. The average Bonchev–Trinajstić information content (AvgIpc) is 3.03. The Balaban J connectivity index is 1.75. The highest BCUT2D eigenvalue weighted by molar-refractivity contribution is 5.48. The lowest BCUT2D eigenvalue weighted by atomic mass is 9.99. The van der Waals surface area contributed by atoms with Crippen LogP contribution in [-0.4, -0.2) is 34.8 Å². The van der Waals surface area contributed by atoms with Crippen molar-refractivity contribution in [3.05, 3.63) is 35.0 Å². The molecule has 1 aliphatic heterocycles. The Kier molecular flexibility index (Phi) is 5.32. The molecule has 1 aromatic heterocycles. The third kappa shape index (κ3) is 3.68. The van der Waals surface area contributed by atoms with E-state index in [1.165, 1.54) is 11.1 Å². The topological polar surface area (TPSA) is 86.6 Å². The fraction of sp³-hybridized carbons (Fsp3) is 0.529. The van der Waals surface area contributed by atoms with Crippen molar-refractivity contribution in [3.8, 4) is 11.5 Å². The first-order chi connectivity index (χ1) is 11.7. The molecule has 0 radical (unpaired) electrons. The second-order valence-corrected chi connectivity index (χ2v) is 5.70. The van der Waals surface area contributed by atoms with Crippen molar-refractivity contribution in [1.82, 2.24) is 15.0 Å². The van der Waals surface area contributed by atoms with Crippen LogP contribution in [0.25, 0.3) is 0 Å². The van der Waals surface area contributed by atoms with Crippen LogP contribution in [0.15, 0.2) is 16.7 Å². The van der Waals surface area contributed by atoms with E-state index in [2.05, 4.69) is 27.2 Å². The van der Waals surface area contributed by atoms with E-state index in [4.69, 9.17) is 19.7 Å². The summed E-state index contributed by atoms with van der Waals surface area (Å²) >= 11 is 0. The summed E-state index contributed by atoms with van der Waals surface area (Å²) in [6, 6.07) is 4.21. The van der Waals surface area contributed by atoms with Crippen LogP contribution in [0.3, 0.4) is 0 Å². The van der Waals surface area contributed by atoms with E-state index < -0.39 is 0 Å². The van der Waals surface area contributed by atoms with Crippen LogP contribution in [0.2, 0.25) is 0 Å². The van der Waals surface area contributed by atoms with Gasteiger partial charge in [-0.15, -0.1) is 0 Å². The third-order valence-electron chi connectivity index (χ3n) is 4.01. The normalized spacial score (nSPS) is 14.5. The SMILES string of the molecule is CCOc1cc2c(cc1OCC)CN(Cc1noc(CN)n1)CC2. The second-order valence-electron chi connectivity index (χ2n) is 5.70. The van der Waals surface area contributed by atoms with Crippen LogP contribution >= 0.6 is 0 Å². The number of fused-ring (bicyclic) bond motifs is 1. The number of hydrogen-bond donors (Lipinski definition) is 1. The van der Waals surface area contributed by atoms with Crippen molar-refractivity contribution in [2.45, 2.75) is 39.9 Å². The number of ether oxygens (including phenoxy) is 2. The molecule has 0 spiro atoms. The lowest BCUT2D eigenvalue weighted by Gasteiger charge is -2.28. The standard InChI is InChI=1S/C17H24N4O3/c1-3-22-14-7-12-5-6-21(10-13(12)8-15(14)23-4-2)11-16-19-17(9-18)24-20-16/h7-8H,3-6,9-11,18H2,1-2H3. The lowest BCUT2D eigenvalue weighted by molar-refractivity contribution is 0.232. The van der Waals surface area contributed by atoms with Crippen LogP contribution in [-0.2, 0) is 26.1 Å². The predicted molar refractivity (Wildman–Crippen MR) is 88.8 cm³/mol. The van der Waals surface area contributed by atoms with Crippen LogP contribution in [0.1, 0.15) is 36.7 Å². The zero-order valence-electron chi connectivity index (χ0n) is 14.2. The van der Waals surface area contributed by atoms with E-state index >= 15 is 0 Å². The van der Waals surface area contributed by atoms with Gasteiger partial charge >= 0.3 is 0 Å². The summed E-state index contributed by atoms with van der Waals surface area (Å²) in [6.07, 6.45) is 0.962. The molecule has 0 fully saturated rings. The summed E-state index contributed by atoms with van der Waals surface area (Å²) in [6.45, 7) is 7.91. The predicted octanol–water partition coefficient (Wildman–Crippen LogP) is 1.88. The highest BCUT2D eigenvalue weighted by Crippen LogP contribution is 2.34. The van der Waals surface area contributed by atoms with Crippen LogP contribution in [0.5, 0.6) is 11.5 Å². The zero-order valence-corrected chi connectivity index (χ0v) is 14.2. The van der Waals surface area contributed by atoms with Crippen molar-refractivity contribution in [1.29, 1.82) is 0 Å². The first-order valence-electron chi connectivity index (χ1n) is 8.38. The van der Waals surface area contributed by atoms with Gasteiger partial charge in [0.25, 0.3) is 0 Å². The van der Waals surface area contributed by atoms with Gasteiger partial charge in [-0.2, -0.15) is 4.98 Å². The Hall–Kier alpha value is -2.12. The van der Waals surface area contributed by atoms with Crippen LogP contribution in [0.4, 0.5) is 0 Å². The van der Waals surface area contributed by atoms with E-state index in [-0.39, 0.29) is 6.54 Å². The van der Waals surface area contributed by atoms with Gasteiger partial charge in [0.2, 0.25) is 5.89 Å². The summed E-state index contributed by atoms with van der Waals surface area (Å²) in [4.78, 5) is 6.57. The first-order valence-corrected chi connectivity index (χ1v) is 8.38. The fourth-order valence-corrected chi connectivity index (χ4v) is 2.93. The Bertz CT molecular complexity index is 686. The molecule has 2 heterocycles. The molecule has 0 aliphatic carbocycles. The molecular formula is C17H24N4O3. The maximum atomic E-state index is 5.73. The van der Waals surface area contributed by atoms with Crippen molar-refractivity contribution in [2.75, 3.05) is 19.8 Å². The van der Waals surface area contributed by atoms with Gasteiger partial charge in [0.1, 0.15) is 0 Å². The van der Waals surface area contributed by atoms with E-state index in [0.29, 0.717) is 31.5 Å². The smallest absolute Gasteiger partial charge is 0.240 e. The van der Waals surface area contributed by atoms with Gasteiger partial charge in [-0.25, -0.2) is 0 Å². The van der Waals surface area contributed by atoms with Gasteiger partial charge < -0.3 is 19.7 Å². The Morgan fingerprint density at radius 1 is 1.17 bits per heavy atom. The Labute approximate surface area is 141 Å². The number of nitrogens with zero attached hydrogens (tertiary/aromatic N) is 3. The molecule has 1 aliphatic rings. The quantitative estimate of drug-likeness (QED) is 0.828. The molecule has 7 heteroatoms. The van der Waals surface area contributed by atoms with Gasteiger partial charge in [-0.3, -0.25) is 4.90 Å². The van der Waals surface area contributed by atoms with E-state index in [0.717, 1.165) is 31.0 Å². The van der Waals surface area contributed by atoms with Crippen molar-refractivity contribution >= 4 is 0 Å². The van der Waals surface area contributed by atoms with E-state index in [9.17, 15) is 0 Å². The van der Waals surface area contributed by atoms with Crippen molar-refractivity contribution in [2.24, 2.45) is 5.73 Å². The molecule has 0 saturated carbocycles. The van der Waals surface area contributed by atoms with Crippen molar-refractivity contribution in [3.63, 3.8) is 0 Å². The molecule has 1 aromatic carbocycles. The molecule has 0 amide bonds. The highest BCUT2D eigenvalue weighted by Gasteiger charge is 2.21. The molecule has 0 atom stereocenters. The molecule has 0 bridgehead atoms. The maximum absolute atomic E-state index is 5.73. The number of nitrogens with two attached hydrogens (primary N) is 1. The molecule has 3 rings (SSSR count). The lowest BCUT2D eigenvalue weighted by Crippen LogP contribution is -2.30. The average molecular weight is 332 g/mol. The summed E-state index contributed by atoms with van der Waals surface area (Å²) < 4.78 is 16.5.